The zero-order valence-corrected chi connectivity index (χ0v) is 13.5. The molecule has 4 heteroatoms. The molecule has 0 saturated heterocycles. The van der Waals surface area contributed by atoms with Crippen LogP contribution in [-0.2, 0) is 16.1 Å². The van der Waals surface area contributed by atoms with Crippen LogP contribution in [0.2, 0.25) is 0 Å². The molecule has 3 nitrogen and oxygen atoms in total. The molecule has 1 amide bonds. The van der Waals surface area contributed by atoms with Crippen molar-refractivity contribution in [1.29, 1.82) is 0 Å². The van der Waals surface area contributed by atoms with Gasteiger partial charge in [-0.2, -0.15) is 0 Å². The third kappa shape index (κ3) is 5.92. The first kappa shape index (κ1) is 16.6. The predicted octanol–water partition coefficient (Wildman–Crippen LogP) is 3.50. The SMILES string of the molecule is C[C@@H](Sc1ccccc1)C(=O)NCCOCc1ccccc1. The number of thioether (sulfide) groups is 1. The largest absolute Gasteiger partial charge is 0.375 e. The van der Waals surface area contributed by atoms with Gasteiger partial charge in [0.1, 0.15) is 0 Å². The summed E-state index contributed by atoms with van der Waals surface area (Å²) >= 11 is 1.56. The molecule has 0 bridgehead atoms. The van der Waals surface area contributed by atoms with Crippen LogP contribution in [0.15, 0.2) is 65.6 Å². The Morgan fingerprint density at radius 1 is 1.09 bits per heavy atom. The molecule has 0 aliphatic carbocycles. The lowest BCUT2D eigenvalue weighted by molar-refractivity contribution is -0.120. The molecule has 0 aliphatic heterocycles. The first-order chi connectivity index (χ1) is 10.8. The molecule has 0 saturated carbocycles. The third-order valence-electron chi connectivity index (χ3n) is 3.08. The Kier molecular flexibility index (Phi) is 7.00. The molecular weight excluding hydrogens is 294 g/mol. The molecule has 0 fully saturated rings. The molecule has 22 heavy (non-hydrogen) atoms. The first-order valence-corrected chi connectivity index (χ1v) is 8.25. The van der Waals surface area contributed by atoms with Gasteiger partial charge in [0.05, 0.1) is 18.5 Å². The standard InChI is InChI=1S/C18H21NO2S/c1-15(22-17-10-6-3-7-11-17)18(20)19-12-13-21-14-16-8-4-2-5-9-16/h2-11,15H,12-14H2,1H3,(H,19,20)/t15-/m1/s1. The van der Waals surface area contributed by atoms with Gasteiger partial charge < -0.3 is 10.1 Å². The Balaban J connectivity index is 1.61. The summed E-state index contributed by atoms with van der Waals surface area (Å²) in [5, 5.41) is 2.79. The zero-order valence-electron chi connectivity index (χ0n) is 12.7. The van der Waals surface area contributed by atoms with E-state index in [0.29, 0.717) is 19.8 Å². The maximum absolute atomic E-state index is 12.0. The van der Waals surface area contributed by atoms with E-state index in [-0.39, 0.29) is 11.2 Å². The van der Waals surface area contributed by atoms with Crippen molar-refractivity contribution >= 4 is 17.7 Å². The topological polar surface area (TPSA) is 38.3 Å². The summed E-state index contributed by atoms with van der Waals surface area (Å²) in [6, 6.07) is 20.0. The van der Waals surface area contributed by atoms with Crippen molar-refractivity contribution in [3.8, 4) is 0 Å². The molecule has 0 unspecified atom stereocenters. The van der Waals surface area contributed by atoms with Crippen molar-refractivity contribution in [2.75, 3.05) is 13.2 Å². The molecule has 0 radical (unpaired) electrons. The number of ether oxygens (including phenoxy) is 1. The molecule has 116 valence electrons. The molecule has 1 N–H and O–H groups in total. The number of benzene rings is 2. The van der Waals surface area contributed by atoms with Gasteiger partial charge >= 0.3 is 0 Å². The second-order valence-corrected chi connectivity index (χ2v) is 6.32. The van der Waals surface area contributed by atoms with E-state index >= 15 is 0 Å². The Bertz CT molecular complexity index is 560. The van der Waals surface area contributed by atoms with Crippen LogP contribution in [0.1, 0.15) is 12.5 Å². The normalized spacial score (nSPS) is 11.9. The smallest absolute Gasteiger partial charge is 0.233 e. The van der Waals surface area contributed by atoms with Crippen LogP contribution in [0, 0.1) is 0 Å². The molecule has 0 spiro atoms. The summed E-state index contributed by atoms with van der Waals surface area (Å²) in [5.41, 5.74) is 1.14. The Morgan fingerprint density at radius 3 is 2.41 bits per heavy atom. The molecule has 2 rings (SSSR count). The quantitative estimate of drug-likeness (QED) is 0.598. The van der Waals surface area contributed by atoms with E-state index in [1.54, 1.807) is 11.8 Å². The number of carbonyl (C=O) groups is 1. The van der Waals surface area contributed by atoms with Crippen LogP contribution in [-0.4, -0.2) is 24.3 Å². The van der Waals surface area contributed by atoms with Crippen molar-refractivity contribution in [3.63, 3.8) is 0 Å². The van der Waals surface area contributed by atoms with Gasteiger partial charge in [-0.25, -0.2) is 0 Å². The molecule has 1 atom stereocenters. The minimum Gasteiger partial charge on any atom is -0.375 e. The molecule has 2 aromatic rings. The summed E-state index contributed by atoms with van der Waals surface area (Å²) in [6.45, 7) is 3.54. The lowest BCUT2D eigenvalue weighted by atomic mass is 10.2. The van der Waals surface area contributed by atoms with E-state index in [1.807, 2.05) is 67.6 Å². The average Bonchev–Trinajstić information content (AvgIpc) is 2.56. The maximum atomic E-state index is 12.0. The van der Waals surface area contributed by atoms with Crippen molar-refractivity contribution in [1.82, 2.24) is 5.32 Å². The van der Waals surface area contributed by atoms with Gasteiger partial charge in [0.2, 0.25) is 5.91 Å². The summed E-state index contributed by atoms with van der Waals surface area (Å²) in [4.78, 5) is 13.1. The maximum Gasteiger partial charge on any atom is 0.233 e. The minimum atomic E-state index is -0.114. The van der Waals surface area contributed by atoms with Crippen LogP contribution >= 0.6 is 11.8 Å². The van der Waals surface area contributed by atoms with E-state index < -0.39 is 0 Å². The summed E-state index contributed by atoms with van der Waals surface area (Å²) in [5.74, 6) is 0.0390. The van der Waals surface area contributed by atoms with Crippen LogP contribution in [0.25, 0.3) is 0 Å². The van der Waals surface area contributed by atoms with Crippen LogP contribution < -0.4 is 5.32 Å². The molecule has 0 aliphatic rings. The number of rotatable bonds is 8. The lowest BCUT2D eigenvalue weighted by Gasteiger charge is -2.12. The van der Waals surface area contributed by atoms with Crippen molar-refractivity contribution in [2.24, 2.45) is 0 Å². The van der Waals surface area contributed by atoms with Gasteiger partial charge in [0.15, 0.2) is 0 Å². The zero-order chi connectivity index (χ0) is 15.6. The Hall–Kier alpha value is -1.78. The number of carbonyl (C=O) groups excluding carboxylic acids is 1. The number of hydrogen-bond acceptors (Lipinski definition) is 3. The van der Waals surface area contributed by atoms with Crippen LogP contribution in [0.3, 0.4) is 0 Å². The lowest BCUT2D eigenvalue weighted by Crippen LogP contribution is -2.33. The number of hydrogen-bond donors (Lipinski definition) is 1. The predicted molar refractivity (Wildman–Crippen MR) is 90.9 cm³/mol. The van der Waals surface area contributed by atoms with Gasteiger partial charge in [0, 0.05) is 11.4 Å². The van der Waals surface area contributed by atoms with Gasteiger partial charge in [-0.3, -0.25) is 4.79 Å². The molecule has 2 aromatic carbocycles. The highest BCUT2D eigenvalue weighted by molar-refractivity contribution is 8.00. The van der Waals surface area contributed by atoms with Crippen molar-refractivity contribution < 1.29 is 9.53 Å². The monoisotopic (exact) mass is 315 g/mol. The fourth-order valence-electron chi connectivity index (χ4n) is 1.91. The van der Waals surface area contributed by atoms with Crippen LogP contribution in [0.4, 0.5) is 0 Å². The molecular formula is C18H21NO2S. The summed E-state index contributed by atoms with van der Waals surface area (Å²) < 4.78 is 5.55. The minimum absolute atomic E-state index is 0.0390. The third-order valence-corrected chi connectivity index (χ3v) is 4.19. The van der Waals surface area contributed by atoms with Gasteiger partial charge in [-0.1, -0.05) is 48.5 Å². The van der Waals surface area contributed by atoms with Crippen molar-refractivity contribution in [2.45, 2.75) is 23.7 Å². The second kappa shape index (κ2) is 9.28. The number of amides is 1. The Morgan fingerprint density at radius 2 is 1.73 bits per heavy atom. The molecule has 0 heterocycles. The average molecular weight is 315 g/mol. The first-order valence-electron chi connectivity index (χ1n) is 7.37. The highest BCUT2D eigenvalue weighted by atomic mass is 32.2. The van der Waals surface area contributed by atoms with Crippen molar-refractivity contribution in [3.05, 3.63) is 66.2 Å². The van der Waals surface area contributed by atoms with E-state index in [9.17, 15) is 4.79 Å². The highest BCUT2D eigenvalue weighted by Crippen LogP contribution is 2.22. The van der Waals surface area contributed by atoms with E-state index in [0.717, 1.165) is 10.5 Å². The Labute approximate surface area is 136 Å². The number of nitrogens with one attached hydrogen (secondary N) is 1. The van der Waals surface area contributed by atoms with E-state index in [2.05, 4.69) is 5.32 Å². The van der Waals surface area contributed by atoms with Gasteiger partial charge in [-0.15, -0.1) is 11.8 Å². The summed E-state index contributed by atoms with van der Waals surface area (Å²) in [6.07, 6.45) is 0. The fraction of sp³-hybridized carbons (Fsp3) is 0.278. The highest BCUT2D eigenvalue weighted by Gasteiger charge is 2.13. The fourth-order valence-corrected chi connectivity index (χ4v) is 2.82. The van der Waals surface area contributed by atoms with Crippen LogP contribution in [0.5, 0.6) is 0 Å². The van der Waals surface area contributed by atoms with E-state index in [1.165, 1.54) is 0 Å². The second-order valence-electron chi connectivity index (χ2n) is 4.90. The van der Waals surface area contributed by atoms with Gasteiger partial charge in [-0.05, 0) is 24.6 Å². The van der Waals surface area contributed by atoms with E-state index in [4.69, 9.17) is 4.74 Å². The van der Waals surface area contributed by atoms with Gasteiger partial charge in [0.25, 0.3) is 0 Å². The summed E-state index contributed by atoms with van der Waals surface area (Å²) in [7, 11) is 0. The molecule has 0 aromatic heterocycles.